The molecule has 2 amide bonds. The minimum absolute atomic E-state index is 0.238. The predicted octanol–water partition coefficient (Wildman–Crippen LogP) is 1.66. The van der Waals surface area contributed by atoms with E-state index in [0.29, 0.717) is 12.2 Å². The molecular weight excluding hydrogens is 280 g/mol. The maximum absolute atomic E-state index is 11.7. The smallest absolute Gasteiger partial charge is 0.325 e. The van der Waals surface area contributed by atoms with Crippen molar-refractivity contribution < 1.29 is 14.7 Å². The number of hydrogen-bond acceptors (Lipinski definition) is 4. The molecule has 0 aliphatic carbocycles. The van der Waals surface area contributed by atoms with Crippen molar-refractivity contribution in [2.75, 3.05) is 5.32 Å². The number of aliphatic carboxylic acids is 1. The number of nitrogens with one attached hydrogen (secondary N) is 2. The Hall–Kier alpha value is -2.35. The molecule has 0 saturated heterocycles. The fourth-order valence-corrected chi connectivity index (χ4v) is 2.41. The van der Waals surface area contributed by atoms with E-state index in [4.69, 9.17) is 5.11 Å². The monoisotopic (exact) mass is 294 g/mol. The first kappa shape index (κ1) is 14.1. The minimum atomic E-state index is -0.989. The van der Waals surface area contributed by atoms with Gasteiger partial charge in [-0.2, -0.15) is 5.10 Å². The van der Waals surface area contributed by atoms with Crippen molar-refractivity contribution in [2.45, 2.75) is 20.0 Å². The van der Waals surface area contributed by atoms with Crippen LogP contribution in [0.2, 0.25) is 0 Å². The molecule has 0 radical (unpaired) electrons. The topological polar surface area (TPSA) is 96.3 Å². The minimum Gasteiger partial charge on any atom is -0.480 e. The summed E-state index contributed by atoms with van der Waals surface area (Å²) in [6, 6.07) is 3.60. The van der Waals surface area contributed by atoms with Crippen LogP contribution in [0.1, 0.15) is 9.75 Å². The zero-order chi connectivity index (χ0) is 14.5. The van der Waals surface area contributed by atoms with E-state index in [1.165, 1.54) is 22.0 Å². The van der Waals surface area contributed by atoms with E-state index in [-0.39, 0.29) is 12.6 Å². The molecule has 0 unspecified atom stereocenters. The van der Waals surface area contributed by atoms with Gasteiger partial charge in [0.1, 0.15) is 6.54 Å². The Morgan fingerprint density at radius 2 is 2.25 bits per heavy atom. The molecule has 2 aromatic heterocycles. The lowest BCUT2D eigenvalue weighted by molar-refractivity contribution is -0.137. The number of carboxylic acid groups (broad SMARTS) is 1. The standard InChI is InChI=1S/C12H14N4O3S/c1-8-2-3-10(20-8)5-13-12(19)15-9-4-14-16(6-9)7-11(17)18/h2-4,6H,5,7H2,1H3,(H,17,18)(H2,13,15,19). The summed E-state index contributed by atoms with van der Waals surface area (Å²) in [5, 5.41) is 17.7. The molecule has 0 bridgehead atoms. The highest BCUT2D eigenvalue weighted by Gasteiger charge is 2.06. The average molecular weight is 294 g/mol. The van der Waals surface area contributed by atoms with Gasteiger partial charge in [-0.25, -0.2) is 4.79 Å². The largest absolute Gasteiger partial charge is 0.480 e. The molecule has 0 fully saturated rings. The third-order valence-electron chi connectivity index (χ3n) is 2.41. The SMILES string of the molecule is Cc1ccc(CNC(=O)Nc2cnn(CC(=O)O)c2)s1. The van der Waals surface area contributed by atoms with Gasteiger partial charge in [0.15, 0.2) is 0 Å². The normalized spacial score (nSPS) is 10.2. The number of carbonyl (C=O) groups is 2. The summed E-state index contributed by atoms with van der Waals surface area (Å²) >= 11 is 1.62. The van der Waals surface area contributed by atoms with Crippen molar-refractivity contribution >= 4 is 29.0 Å². The highest BCUT2D eigenvalue weighted by molar-refractivity contribution is 7.11. The fraction of sp³-hybridized carbons (Fsp3) is 0.250. The number of anilines is 1. The van der Waals surface area contributed by atoms with E-state index in [9.17, 15) is 9.59 Å². The van der Waals surface area contributed by atoms with Crippen LogP contribution in [-0.4, -0.2) is 26.9 Å². The lowest BCUT2D eigenvalue weighted by Gasteiger charge is -2.04. The van der Waals surface area contributed by atoms with Crippen molar-refractivity contribution in [1.82, 2.24) is 15.1 Å². The molecule has 8 heteroatoms. The Bertz CT molecular complexity index is 620. The van der Waals surface area contributed by atoms with Crippen LogP contribution in [0.3, 0.4) is 0 Å². The van der Waals surface area contributed by atoms with Crippen molar-refractivity contribution in [3.8, 4) is 0 Å². The molecule has 0 aliphatic rings. The zero-order valence-electron chi connectivity index (χ0n) is 10.8. The highest BCUT2D eigenvalue weighted by atomic mass is 32.1. The van der Waals surface area contributed by atoms with Crippen LogP contribution in [0.25, 0.3) is 0 Å². The van der Waals surface area contributed by atoms with Crippen molar-refractivity contribution in [3.63, 3.8) is 0 Å². The van der Waals surface area contributed by atoms with Crippen LogP contribution in [0.4, 0.5) is 10.5 Å². The van der Waals surface area contributed by atoms with E-state index >= 15 is 0 Å². The number of rotatable bonds is 5. The lowest BCUT2D eigenvalue weighted by atomic mass is 10.4. The molecule has 0 atom stereocenters. The predicted molar refractivity (Wildman–Crippen MR) is 74.8 cm³/mol. The summed E-state index contributed by atoms with van der Waals surface area (Å²) in [7, 11) is 0. The number of aryl methyl sites for hydroxylation is 1. The number of amides is 2. The van der Waals surface area contributed by atoms with Crippen LogP contribution in [0, 0.1) is 6.92 Å². The Morgan fingerprint density at radius 3 is 2.90 bits per heavy atom. The molecule has 2 heterocycles. The molecule has 20 heavy (non-hydrogen) atoms. The third kappa shape index (κ3) is 4.09. The van der Waals surface area contributed by atoms with Gasteiger partial charge in [0.2, 0.25) is 0 Å². The zero-order valence-corrected chi connectivity index (χ0v) is 11.6. The Kier molecular flexibility index (Phi) is 4.36. The summed E-state index contributed by atoms with van der Waals surface area (Å²) in [6.07, 6.45) is 2.86. The number of nitrogens with zero attached hydrogens (tertiary/aromatic N) is 2. The Labute approximate surface area is 119 Å². The fourth-order valence-electron chi connectivity index (χ4n) is 1.58. The summed E-state index contributed by atoms with van der Waals surface area (Å²) in [4.78, 5) is 24.4. The number of hydrogen-bond donors (Lipinski definition) is 3. The van der Waals surface area contributed by atoms with E-state index in [1.54, 1.807) is 11.3 Å². The molecule has 7 nitrogen and oxygen atoms in total. The third-order valence-corrected chi connectivity index (χ3v) is 3.41. The quantitative estimate of drug-likeness (QED) is 0.781. The van der Waals surface area contributed by atoms with Crippen LogP contribution in [0.15, 0.2) is 24.5 Å². The van der Waals surface area contributed by atoms with Crippen LogP contribution < -0.4 is 10.6 Å². The first-order valence-electron chi connectivity index (χ1n) is 5.87. The van der Waals surface area contributed by atoms with Crippen molar-refractivity contribution in [2.24, 2.45) is 0 Å². The van der Waals surface area contributed by atoms with Gasteiger partial charge in [-0.05, 0) is 19.1 Å². The van der Waals surface area contributed by atoms with Crippen LogP contribution in [-0.2, 0) is 17.9 Å². The molecule has 0 spiro atoms. The Morgan fingerprint density at radius 1 is 1.45 bits per heavy atom. The number of aromatic nitrogens is 2. The second kappa shape index (κ2) is 6.20. The second-order valence-corrected chi connectivity index (χ2v) is 5.51. The van der Waals surface area contributed by atoms with Gasteiger partial charge in [-0.15, -0.1) is 11.3 Å². The molecular formula is C12H14N4O3S. The molecule has 106 valence electrons. The molecule has 0 saturated carbocycles. The molecule has 2 aromatic rings. The van der Waals surface area contributed by atoms with Gasteiger partial charge in [0.05, 0.1) is 18.4 Å². The summed E-state index contributed by atoms with van der Waals surface area (Å²) in [5.41, 5.74) is 0.450. The molecule has 0 aromatic carbocycles. The van der Waals surface area contributed by atoms with Crippen LogP contribution in [0.5, 0.6) is 0 Å². The summed E-state index contributed by atoms with van der Waals surface area (Å²) in [6.45, 7) is 2.22. The van der Waals surface area contributed by atoms with Gasteiger partial charge in [-0.1, -0.05) is 0 Å². The highest BCUT2D eigenvalue weighted by Crippen LogP contribution is 2.14. The van der Waals surface area contributed by atoms with Crippen LogP contribution >= 0.6 is 11.3 Å². The number of thiophene rings is 1. The molecule has 0 aliphatic heterocycles. The second-order valence-electron chi connectivity index (χ2n) is 4.14. The van der Waals surface area contributed by atoms with Crippen molar-refractivity contribution in [1.29, 1.82) is 0 Å². The molecule has 2 rings (SSSR count). The maximum atomic E-state index is 11.7. The van der Waals surface area contributed by atoms with E-state index in [1.807, 2.05) is 19.1 Å². The van der Waals surface area contributed by atoms with Gasteiger partial charge in [0.25, 0.3) is 0 Å². The lowest BCUT2D eigenvalue weighted by Crippen LogP contribution is -2.27. The van der Waals surface area contributed by atoms with Gasteiger partial charge < -0.3 is 15.7 Å². The maximum Gasteiger partial charge on any atom is 0.325 e. The number of carboxylic acids is 1. The van der Waals surface area contributed by atoms with Gasteiger partial charge >= 0.3 is 12.0 Å². The van der Waals surface area contributed by atoms with Gasteiger partial charge in [0, 0.05) is 16.0 Å². The van der Waals surface area contributed by atoms with E-state index in [0.717, 1.165) is 4.88 Å². The Balaban J connectivity index is 1.82. The number of urea groups is 1. The number of carbonyl (C=O) groups excluding carboxylic acids is 1. The van der Waals surface area contributed by atoms with E-state index < -0.39 is 5.97 Å². The van der Waals surface area contributed by atoms with E-state index in [2.05, 4.69) is 15.7 Å². The summed E-state index contributed by atoms with van der Waals surface area (Å²) in [5.74, 6) is -0.989. The van der Waals surface area contributed by atoms with Crippen molar-refractivity contribution in [3.05, 3.63) is 34.3 Å². The molecule has 3 N–H and O–H groups in total. The summed E-state index contributed by atoms with van der Waals surface area (Å²) < 4.78 is 1.24. The first-order chi connectivity index (χ1) is 9.52. The van der Waals surface area contributed by atoms with Gasteiger partial charge in [-0.3, -0.25) is 9.48 Å². The average Bonchev–Trinajstić information content (AvgIpc) is 2.95. The first-order valence-corrected chi connectivity index (χ1v) is 6.69.